The van der Waals surface area contributed by atoms with Gasteiger partial charge in [0.2, 0.25) is 0 Å². The number of nitriles is 1. The Labute approximate surface area is 95.4 Å². The minimum absolute atomic E-state index is 0.213. The maximum Gasteiger partial charge on any atom is 0.305 e. The zero-order valence-corrected chi connectivity index (χ0v) is 9.11. The fourth-order valence-corrected chi connectivity index (χ4v) is 1.89. The molecule has 2 atom stereocenters. The molecule has 1 unspecified atom stereocenters. The van der Waals surface area contributed by atoms with Crippen LogP contribution in [0.15, 0.2) is 24.3 Å². The Morgan fingerprint density at radius 1 is 1.56 bits per heavy atom. The Morgan fingerprint density at radius 2 is 2.38 bits per heavy atom. The summed E-state index contributed by atoms with van der Waals surface area (Å²) in [6.07, 6.45) is -0.354. The summed E-state index contributed by atoms with van der Waals surface area (Å²) in [5, 5.41) is 8.82. The first-order valence-corrected chi connectivity index (χ1v) is 5.63. The van der Waals surface area contributed by atoms with Crippen LogP contribution in [0.25, 0.3) is 0 Å². The van der Waals surface area contributed by atoms with E-state index in [4.69, 9.17) is 18.4 Å². The monoisotopic (exact) mass is 239 g/mol. The van der Waals surface area contributed by atoms with Gasteiger partial charge in [-0.15, -0.1) is 0 Å². The SMILES string of the molecule is N#Cc1ccccc1OC[C@@H]1COS(=O)O1. The van der Waals surface area contributed by atoms with Crippen LogP contribution in [-0.4, -0.2) is 23.5 Å². The summed E-state index contributed by atoms with van der Waals surface area (Å²) in [5.74, 6) is 0.492. The molecule has 0 amide bonds. The fraction of sp³-hybridized carbons (Fsp3) is 0.300. The van der Waals surface area contributed by atoms with E-state index in [1.54, 1.807) is 24.3 Å². The number of hydrogen-bond donors (Lipinski definition) is 0. The number of para-hydroxylation sites is 1. The van der Waals surface area contributed by atoms with Gasteiger partial charge in [0, 0.05) is 0 Å². The molecular formula is C10H9NO4S. The maximum absolute atomic E-state index is 10.7. The molecule has 1 aliphatic heterocycles. The second-order valence-electron chi connectivity index (χ2n) is 3.13. The van der Waals surface area contributed by atoms with Crippen molar-refractivity contribution in [1.82, 2.24) is 0 Å². The molecule has 0 radical (unpaired) electrons. The number of ether oxygens (including phenoxy) is 1. The summed E-state index contributed by atoms with van der Waals surface area (Å²) in [7, 11) is 0. The minimum Gasteiger partial charge on any atom is -0.489 e. The summed E-state index contributed by atoms with van der Waals surface area (Å²) < 4.78 is 25.8. The molecule has 2 rings (SSSR count). The van der Waals surface area contributed by atoms with E-state index in [0.29, 0.717) is 11.3 Å². The highest BCUT2D eigenvalue weighted by Gasteiger charge is 2.24. The van der Waals surface area contributed by atoms with E-state index in [9.17, 15) is 4.21 Å². The van der Waals surface area contributed by atoms with Crippen molar-refractivity contribution in [2.24, 2.45) is 0 Å². The van der Waals surface area contributed by atoms with Crippen molar-refractivity contribution < 1.29 is 17.3 Å². The summed E-state index contributed by atoms with van der Waals surface area (Å²) in [6, 6.07) is 8.93. The molecule has 1 fully saturated rings. The van der Waals surface area contributed by atoms with Crippen LogP contribution in [0.1, 0.15) is 5.56 Å². The molecule has 1 aromatic carbocycles. The van der Waals surface area contributed by atoms with Gasteiger partial charge in [0.25, 0.3) is 0 Å². The summed E-state index contributed by atoms with van der Waals surface area (Å²) in [6.45, 7) is 0.450. The van der Waals surface area contributed by atoms with Crippen LogP contribution in [-0.2, 0) is 19.7 Å². The van der Waals surface area contributed by atoms with Gasteiger partial charge in [-0.2, -0.15) is 9.47 Å². The highest BCUT2D eigenvalue weighted by molar-refractivity contribution is 7.75. The molecule has 6 heteroatoms. The molecule has 1 aromatic rings. The van der Waals surface area contributed by atoms with Crippen molar-refractivity contribution in [3.63, 3.8) is 0 Å². The molecule has 16 heavy (non-hydrogen) atoms. The molecule has 0 aromatic heterocycles. The predicted octanol–water partition coefficient (Wildman–Crippen LogP) is 0.931. The van der Waals surface area contributed by atoms with Gasteiger partial charge >= 0.3 is 11.4 Å². The van der Waals surface area contributed by atoms with Crippen molar-refractivity contribution in [2.75, 3.05) is 13.2 Å². The van der Waals surface area contributed by atoms with Gasteiger partial charge in [-0.25, -0.2) is 0 Å². The van der Waals surface area contributed by atoms with Crippen molar-refractivity contribution in [1.29, 1.82) is 5.26 Å². The van der Waals surface area contributed by atoms with Crippen molar-refractivity contribution >= 4 is 11.4 Å². The van der Waals surface area contributed by atoms with Crippen LogP contribution in [0.4, 0.5) is 0 Å². The average molecular weight is 239 g/mol. The van der Waals surface area contributed by atoms with Gasteiger partial charge in [-0.3, -0.25) is 8.37 Å². The van der Waals surface area contributed by atoms with Gasteiger partial charge in [-0.1, -0.05) is 12.1 Å². The van der Waals surface area contributed by atoms with Gasteiger partial charge in [-0.05, 0) is 12.1 Å². The molecule has 0 saturated carbocycles. The molecule has 0 N–H and O–H groups in total. The van der Waals surface area contributed by atoms with E-state index in [1.165, 1.54) is 0 Å². The molecule has 1 heterocycles. The van der Waals surface area contributed by atoms with Crippen LogP contribution in [0.5, 0.6) is 5.75 Å². The standard InChI is InChI=1S/C10H9NO4S/c11-5-8-3-1-2-4-10(8)13-6-9-7-14-16(12)15-9/h1-4,9H,6-7H2/t9-,16?/m1/s1. The largest absolute Gasteiger partial charge is 0.489 e. The number of hydrogen-bond acceptors (Lipinski definition) is 5. The Balaban J connectivity index is 1.95. The van der Waals surface area contributed by atoms with Crippen LogP contribution in [0.3, 0.4) is 0 Å². The predicted molar refractivity (Wildman–Crippen MR) is 55.6 cm³/mol. The molecular weight excluding hydrogens is 230 g/mol. The van der Waals surface area contributed by atoms with E-state index in [0.717, 1.165) is 0 Å². The zero-order chi connectivity index (χ0) is 11.4. The second kappa shape index (κ2) is 5.07. The first kappa shape index (κ1) is 11.1. The molecule has 84 valence electrons. The average Bonchev–Trinajstić information content (AvgIpc) is 2.73. The number of rotatable bonds is 3. The Hall–Kier alpha value is -1.42. The molecule has 1 aliphatic rings. The van der Waals surface area contributed by atoms with Crippen LogP contribution >= 0.6 is 0 Å². The highest BCUT2D eigenvalue weighted by Crippen LogP contribution is 2.18. The Morgan fingerprint density at radius 3 is 3.06 bits per heavy atom. The van der Waals surface area contributed by atoms with Gasteiger partial charge in [0.05, 0.1) is 12.2 Å². The van der Waals surface area contributed by atoms with Gasteiger partial charge in [0.15, 0.2) is 0 Å². The molecule has 5 nitrogen and oxygen atoms in total. The van der Waals surface area contributed by atoms with Gasteiger partial charge < -0.3 is 4.74 Å². The number of nitrogens with zero attached hydrogens (tertiary/aromatic N) is 1. The second-order valence-corrected chi connectivity index (χ2v) is 3.96. The van der Waals surface area contributed by atoms with Crippen LogP contribution < -0.4 is 4.74 Å². The lowest BCUT2D eigenvalue weighted by atomic mass is 10.2. The lowest BCUT2D eigenvalue weighted by Gasteiger charge is -2.09. The van der Waals surface area contributed by atoms with Crippen molar-refractivity contribution in [3.05, 3.63) is 29.8 Å². The normalized spacial score (nSPS) is 23.9. The first-order chi connectivity index (χ1) is 7.79. The van der Waals surface area contributed by atoms with E-state index in [1.807, 2.05) is 6.07 Å². The van der Waals surface area contributed by atoms with Crippen LogP contribution in [0.2, 0.25) is 0 Å². The van der Waals surface area contributed by atoms with Gasteiger partial charge in [0.1, 0.15) is 24.5 Å². The Bertz CT molecular complexity index is 443. The van der Waals surface area contributed by atoms with E-state index < -0.39 is 11.4 Å². The van der Waals surface area contributed by atoms with E-state index in [-0.39, 0.29) is 19.3 Å². The first-order valence-electron chi connectivity index (χ1n) is 4.63. The molecule has 0 bridgehead atoms. The molecule has 0 spiro atoms. The highest BCUT2D eigenvalue weighted by atomic mass is 32.2. The smallest absolute Gasteiger partial charge is 0.305 e. The van der Waals surface area contributed by atoms with Crippen molar-refractivity contribution in [3.8, 4) is 11.8 Å². The van der Waals surface area contributed by atoms with Crippen molar-refractivity contribution in [2.45, 2.75) is 6.10 Å². The summed E-state index contributed by atoms with van der Waals surface area (Å²) in [4.78, 5) is 0. The third-order valence-corrected chi connectivity index (χ3v) is 2.75. The van der Waals surface area contributed by atoms with E-state index in [2.05, 4.69) is 0 Å². The molecule has 1 saturated heterocycles. The quantitative estimate of drug-likeness (QED) is 0.784. The Kier molecular flexibility index (Phi) is 3.51. The zero-order valence-electron chi connectivity index (χ0n) is 8.29. The third kappa shape index (κ3) is 2.58. The number of benzene rings is 1. The maximum atomic E-state index is 10.7. The lowest BCUT2D eigenvalue weighted by Crippen LogP contribution is -2.19. The van der Waals surface area contributed by atoms with E-state index >= 15 is 0 Å². The van der Waals surface area contributed by atoms with Crippen LogP contribution in [0, 0.1) is 11.3 Å². The molecule has 0 aliphatic carbocycles. The third-order valence-electron chi connectivity index (χ3n) is 2.00. The lowest BCUT2D eigenvalue weighted by molar-refractivity contribution is 0.151. The summed E-state index contributed by atoms with van der Waals surface area (Å²) in [5.41, 5.74) is 0.461. The summed E-state index contributed by atoms with van der Waals surface area (Å²) >= 11 is -1.66. The minimum atomic E-state index is -1.66. The topological polar surface area (TPSA) is 68.5 Å². The fourth-order valence-electron chi connectivity index (χ4n) is 1.24.